The summed E-state index contributed by atoms with van der Waals surface area (Å²) in [6.07, 6.45) is 1.38. The number of nitro groups is 1. The van der Waals surface area contributed by atoms with Crippen LogP contribution in [0.15, 0.2) is 30.0 Å². The molecule has 0 atom stereocenters. The van der Waals surface area contributed by atoms with Crippen molar-refractivity contribution < 1.29 is 19.6 Å². The lowest BCUT2D eigenvalue weighted by Gasteiger charge is -2.34. The number of ketones is 1. The fourth-order valence-electron chi connectivity index (χ4n) is 3.35. The second-order valence-corrected chi connectivity index (χ2v) is 6.66. The molecule has 10 heteroatoms. The van der Waals surface area contributed by atoms with E-state index in [1.54, 1.807) is 0 Å². The van der Waals surface area contributed by atoms with Crippen molar-refractivity contribution in [3.05, 3.63) is 45.6 Å². The van der Waals surface area contributed by atoms with Crippen LogP contribution >= 0.6 is 0 Å². The first-order valence-electron chi connectivity index (χ1n) is 9.14. The standard InChI is InChI=1S/C18H23N5O5/c24-11-10-22-8-6-21(7-9-22)5-4-19-12-14-17(25)13-2-1-3-15(23(27)28)16(13)20-18(14)26/h1-3,12,19,24H,4-11H2,(H,20,26)/b14-12-. The van der Waals surface area contributed by atoms with Gasteiger partial charge >= 0.3 is 0 Å². The van der Waals surface area contributed by atoms with Crippen molar-refractivity contribution in [2.45, 2.75) is 0 Å². The number of anilines is 1. The summed E-state index contributed by atoms with van der Waals surface area (Å²) in [5.41, 5.74) is -0.311. The molecule has 1 saturated heterocycles. The van der Waals surface area contributed by atoms with Crippen LogP contribution in [0.25, 0.3) is 0 Å². The fraction of sp³-hybridized carbons (Fsp3) is 0.444. The zero-order chi connectivity index (χ0) is 20.1. The van der Waals surface area contributed by atoms with Crippen molar-refractivity contribution in [1.82, 2.24) is 15.1 Å². The van der Waals surface area contributed by atoms with Gasteiger partial charge in [0.15, 0.2) is 0 Å². The highest BCUT2D eigenvalue weighted by Gasteiger charge is 2.33. The molecule has 10 nitrogen and oxygen atoms in total. The number of nitro benzene ring substituents is 1. The number of β-amino-alcohol motifs (C(OH)–C–C–N with tert-alkyl or cyclic N) is 1. The molecule has 0 unspecified atom stereocenters. The molecule has 2 heterocycles. The summed E-state index contributed by atoms with van der Waals surface area (Å²) in [4.78, 5) is 39.7. The van der Waals surface area contributed by atoms with E-state index in [9.17, 15) is 19.7 Å². The molecular formula is C18H23N5O5. The average molecular weight is 389 g/mol. The largest absolute Gasteiger partial charge is 0.395 e. The number of amides is 1. The van der Waals surface area contributed by atoms with E-state index in [1.807, 2.05) is 0 Å². The maximum absolute atomic E-state index is 12.6. The normalized spacial score (nSPS) is 19.4. The molecule has 0 aliphatic carbocycles. The lowest BCUT2D eigenvalue weighted by molar-refractivity contribution is -0.384. The molecule has 2 aliphatic rings. The van der Waals surface area contributed by atoms with Crippen LogP contribution in [0.3, 0.4) is 0 Å². The Kier molecular flexibility index (Phi) is 6.34. The number of para-hydroxylation sites is 1. The Labute approximate surface area is 161 Å². The zero-order valence-electron chi connectivity index (χ0n) is 15.4. The Morgan fingerprint density at radius 2 is 1.86 bits per heavy atom. The number of carbonyl (C=O) groups is 2. The number of carbonyl (C=O) groups excluding carboxylic acids is 2. The van der Waals surface area contributed by atoms with Gasteiger partial charge in [-0.3, -0.25) is 29.5 Å². The molecule has 0 radical (unpaired) electrons. The van der Waals surface area contributed by atoms with E-state index in [0.717, 1.165) is 32.7 Å². The summed E-state index contributed by atoms with van der Waals surface area (Å²) in [5.74, 6) is -1.19. The molecule has 1 aromatic rings. The van der Waals surface area contributed by atoms with Gasteiger partial charge in [-0.25, -0.2) is 0 Å². The van der Waals surface area contributed by atoms with E-state index in [-0.39, 0.29) is 29.1 Å². The number of hydrogen-bond acceptors (Lipinski definition) is 8. The Hall–Kier alpha value is -2.82. The summed E-state index contributed by atoms with van der Waals surface area (Å²) in [6.45, 7) is 5.77. The van der Waals surface area contributed by atoms with Gasteiger partial charge in [-0.05, 0) is 6.07 Å². The first-order chi connectivity index (χ1) is 13.5. The third kappa shape index (κ3) is 4.35. The van der Waals surface area contributed by atoms with Crippen molar-refractivity contribution in [2.24, 2.45) is 0 Å². The van der Waals surface area contributed by atoms with Gasteiger partial charge in [0.2, 0.25) is 5.78 Å². The first kappa shape index (κ1) is 19.9. The first-order valence-corrected chi connectivity index (χ1v) is 9.14. The lowest BCUT2D eigenvalue weighted by atomic mass is 9.96. The van der Waals surface area contributed by atoms with Crippen LogP contribution in [0.1, 0.15) is 10.4 Å². The number of hydrogen-bond donors (Lipinski definition) is 3. The molecule has 28 heavy (non-hydrogen) atoms. The third-order valence-corrected chi connectivity index (χ3v) is 4.91. The van der Waals surface area contributed by atoms with Gasteiger partial charge < -0.3 is 15.7 Å². The second kappa shape index (κ2) is 8.91. The Morgan fingerprint density at radius 3 is 2.50 bits per heavy atom. The second-order valence-electron chi connectivity index (χ2n) is 6.66. The predicted octanol–water partition coefficient (Wildman–Crippen LogP) is -0.187. The van der Waals surface area contributed by atoms with Gasteiger partial charge in [-0.2, -0.15) is 0 Å². The number of aliphatic hydroxyl groups excluding tert-OH is 1. The Bertz CT molecular complexity index is 802. The number of piperazine rings is 1. The maximum atomic E-state index is 12.6. The van der Waals surface area contributed by atoms with Gasteiger partial charge in [-0.15, -0.1) is 0 Å². The topological polar surface area (TPSA) is 128 Å². The number of Topliss-reactive ketones (excluding diaryl/α,β-unsaturated/α-hetero) is 1. The van der Waals surface area contributed by atoms with Crippen LogP contribution in [0.2, 0.25) is 0 Å². The average Bonchev–Trinajstić information content (AvgIpc) is 2.68. The SMILES string of the molecule is O=C1Nc2c(cccc2[N+](=O)[O-])C(=O)/C1=C/NCCN1CCN(CCO)CC1. The monoisotopic (exact) mass is 389 g/mol. The number of nitrogens with zero attached hydrogens (tertiary/aromatic N) is 3. The highest BCUT2D eigenvalue weighted by atomic mass is 16.6. The van der Waals surface area contributed by atoms with Crippen molar-refractivity contribution in [2.75, 3.05) is 57.7 Å². The number of aliphatic hydroxyl groups is 1. The zero-order valence-corrected chi connectivity index (χ0v) is 15.4. The van der Waals surface area contributed by atoms with Gasteiger partial charge in [0.25, 0.3) is 11.6 Å². The van der Waals surface area contributed by atoms with Gasteiger partial charge in [-0.1, -0.05) is 6.07 Å². The summed E-state index contributed by atoms with van der Waals surface area (Å²) < 4.78 is 0. The van der Waals surface area contributed by atoms with E-state index in [1.165, 1.54) is 24.4 Å². The number of nitrogens with one attached hydrogen (secondary N) is 2. The number of benzene rings is 1. The molecule has 1 fully saturated rings. The van der Waals surface area contributed by atoms with E-state index in [2.05, 4.69) is 20.4 Å². The lowest BCUT2D eigenvalue weighted by Crippen LogP contribution is -2.48. The van der Waals surface area contributed by atoms with Crippen molar-refractivity contribution in [1.29, 1.82) is 0 Å². The van der Waals surface area contributed by atoms with Crippen molar-refractivity contribution in [3.63, 3.8) is 0 Å². The predicted molar refractivity (Wildman–Crippen MR) is 102 cm³/mol. The Balaban J connectivity index is 1.57. The van der Waals surface area contributed by atoms with Gasteiger partial charge in [0.05, 0.1) is 17.1 Å². The molecule has 1 aromatic carbocycles. The van der Waals surface area contributed by atoms with Crippen LogP contribution in [-0.2, 0) is 4.79 Å². The molecule has 150 valence electrons. The van der Waals surface area contributed by atoms with Gasteiger partial charge in [0.1, 0.15) is 11.3 Å². The number of rotatable bonds is 7. The minimum absolute atomic E-state index is 0.0552. The molecule has 3 rings (SSSR count). The van der Waals surface area contributed by atoms with Crippen molar-refractivity contribution >= 4 is 23.1 Å². The highest BCUT2D eigenvalue weighted by molar-refractivity contribution is 6.34. The van der Waals surface area contributed by atoms with Crippen LogP contribution in [0.4, 0.5) is 11.4 Å². The third-order valence-electron chi connectivity index (χ3n) is 4.91. The van der Waals surface area contributed by atoms with Crippen LogP contribution in [0, 0.1) is 10.1 Å². The molecule has 1 amide bonds. The summed E-state index contributed by atoms with van der Waals surface area (Å²) in [7, 11) is 0. The minimum Gasteiger partial charge on any atom is -0.395 e. The van der Waals surface area contributed by atoms with Crippen LogP contribution in [-0.4, -0.2) is 83.9 Å². The molecule has 0 aromatic heterocycles. The van der Waals surface area contributed by atoms with E-state index >= 15 is 0 Å². The van der Waals surface area contributed by atoms with E-state index < -0.39 is 16.6 Å². The smallest absolute Gasteiger partial charge is 0.293 e. The minimum atomic E-state index is -0.656. The Morgan fingerprint density at radius 1 is 1.18 bits per heavy atom. The molecule has 0 saturated carbocycles. The highest BCUT2D eigenvalue weighted by Crippen LogP contribution is 2.33. The van der Waals surface area contributed by atoms with Crippen LogP contribution < -0.4 is 10.6 Å². The fourth-order valence-corrected chi connectivity index (χ4v) is 3.35. The summed E-state index contributed by atoms with van der Waals surface area (Å²) >= 11 is 0. The van der Waals surface area contributed by atoms with Gasteiger partial charge in [0, 0.05) is 58.1 Å². The molecule has 0 spiro atoms. The van der Waals surface area contributed by atoms with E-state index in [0.29, 0.717) is 13.1 Å². The van der Waals surface area contributed by atoms with E-state index in [4.69, 9.17) is 5.11 Å². The molecular weight excluding hydrogens is 366 g/mol. The molecule has 2 aliphatic heterocycles. The summed E-state index contributed by atoms with van der Waals surface area (Å²) in [6, 6.07) is 4.14. The van der Waals surface area contributed by atoms with Crippen LogP contribution in [0.5, 0.6) is 0 Å². The molecule has 0 bridgehead atoms. The summed E-state index contributed by atoms with van der Waals surface area (Å²) in [5, 5.41) is 25.5. The maximum Gasteiger partial charge on any atom is 0.293 e. The number of fused-ring (bicyclic) bond motifs is 1. The molecule has 3 N–H and O–H groups in total. The quantitative estimate of drug-likeness (QED) is 0.193. The van der Waals surface area contributed by atoms with Crippen molar-refractivity contribution in [3.8, 4) is 0 Å².